The summed E-state index contributed by atoms with van der Waals surface area (Å²) in [5, 5.41) is 12.4. The van der Waals surface area contributed by atoms with Crippen molar-refractivity contribution in [1.29, 1.82) is 0 Å². The van der Waals surface area contributed by atoms with Crippen LogP contribution in [-0.2, 0) is 42.1 Å². The van der Waals surface area contributed by atoms with E-state index in [0.717, 1.165) is 65.2 Å². The number of ether oxygens (including phenoxy) is 2. The van der Waals surface area contributed by atoms with Crippen molar-refractivity contribution in [3.63, 3.8) is 0 Å². The van der Waals surface area contributed by atoms with Crippen molar-refractivity contribution in [3.05, 3.63) is 256 Å². The topological polar surface area (TPSA) is 54.1 Å². The van der Waals surface area contributed by atoms with Crippen molar-refractivity contribution in [2.45, 2.75) is 0 Å². The Morgan fingerprint density at radius 1 is 0.351 bits per heavy atom. The number of benzene rings is 10. The second kappa shape index (κ2) is 21.5. The van der Waals surface area contributed by atoms with Crippen molar-refractivity contribution in [1.82, 2.24) is 19.1 Å². The summed E-state index contributed by atoms with van der Waals surface area (Å²) in [7, 11) is 0. The smallest absolute Gasteiger partial charge is 0.216 e. The number of para-hydroxylation sites is 4. The summed E-state index contributed by atoms with van der Waals surface area (Å²) >= 11 is 0. The van der Waals surface area contributed by atoms with Crippen molar-refractivity contribution in [2.75, 3.05) is 0 Å². The summed E-state index contributed by atoms with van der Waals surface area (Å²) in [5.41, 5.74) is 5.46. The van der Waals surface area contributed by atoms with E-state index in [-0.39, 0.29) is 42.1 Å². The molecule has 0 N–H and O–H groups in total. The minimum atomic E-state index is 0. The van der Waals surface area contributed by atoms with Crippen molar-refractivity contribution in [3.8, 4) is 46.5 Å². The maximum atomic E-state index is 7.34. The Balaban J connectivity index is 0.000000159. The summed E-state index contributed by atoms with van der Waals surface area (Å²) in [6, 6.07) is 87.0. The normalized spacial score (nSPS) is 10.7. The molecular weight excluding hydrogens is 1270 g/mol. The van der Waals surface area contributed by atoms with Gasteiger partial charge >= 0.3 is 0 Å². The van der Waals surface area contributed by atoms with Crippen LogP contribution in [0.5, 0.6) is 23.3 Å². The van der Waals surface area contributed by atoms with Gasteiger partial charge in [0.05, 0.1) is 22.1 Å². The monoisotopic (exact) mass is 1310 g/mol. The van der Waals surface area contributed by atoms with Crippen molar-refractivity contribution < 1.29 is 51.6 Å². The maximum Gasteiger partial charge on any atom is 0.216 e. The van der Waals surface area contributed by atoms with Crippen LogP contribution in [0.25, 0.3) is 97.8 Å². The molecule has 0 atom stereocenters. The van der Waals surface area contributed by atoms with Crippen molar-refractivity contribution >= 4 is 86.7 Å². The Morgan fingerprint density at radius 2 is 0.649 bits per heavy atom. The second-order valence-electron chi connectivity index (χ2n) is 16.9. The van der Waals surface area contributed by atoms with Gasteiger partial charge in [-0.2, -0.15) is 0 Å². The molecule has 14 aromatic rings. The maximum absolute atomic E-state index is 7.34. The average Bonchev–Trinajstić information content (AvgIpc) is 3.96. The first-order chi connectivity index (χ1) is 35.6. The van der Waals surface area contributed by atoms with E-state index in [2.05, 4.69) is 70.6 Å². The van der Waals surface area contributed by atoms with E-state index in [1.54, 1.807) is 9.13 Å². The summed E-state index contributed by atoms with van der Waals surface area (Å²) in [6.07, 6.45) is 18.3. The molecule has 74 heavy (non-hydrogen) atoms. The predicted molar refractivity (Wildman–Crippen MR) is 290 cm³/mol. The first-order valence-corrected chi connectivity index (χ1v) is 23.2. The number of pyridine rings is 2. The molecule has 0 aliphatic carbocycles. The van der Waals surface area contributed by atoms with E-state index in [1.165, 1.54) is 21.5 Å². The number of fused-ring (bicyclic) bond motifs is 10. The van der Waals surface area contributed by atoms with Gasteiger partial charge in [0.15, 0.2) is 0 Å². The zero-order chi connectivity index (χ0) is 48.4. The number of rotatable bonds is 5. The molecule has 0 aliphatic heterocycles. The van der Waals surface area contributed by atoms with Crippen molar-refractivity contribution in [2.24, 2.45) is 0 Å². The number of hydrogen-bond acceptors (Lipinski definition) is 4. The largest absolute Gasteiger partial charge is 0.669 e. The Hall–Kier alpha value is -8.76. The van der Waals surface area contributed by atoms with Gasteiger partial charge in [-0.3, -0.25) is 0 Å². The van der Waals surface area contributed by atoms with E-state index in [9.17, 15) is 0 Å². The predicted octanol–water partition coefficient (Wildman–Crippen LogP) is 15.9. The SMILES string of the molecule is [C-]#Cn1c2ccccc2c2ccccc21.[C-]#Cn1c2ccccc2c2ccccc21.[Pt].[Pt].[c-]1c(-c2[c-]c(Oc3cc4ccccc4cn3)c3ccccc3[c-]2)[c-]c2ccccc2c1Oc1cc2ccccc2cn1. The molecule has 0 aliphatic rings. The standard InChI is InChI=1S/C38H20N2O2.2C14H8N.2Pt/c1-3-13-29-23-39-37(21-25(29)9-1)41-35-19-31(17-27-11-5-7-15-33(27)35)32-18-28-12-6-8-16-34(28)36(20-32)42-38-22-26-10-2-4-14-30(26)24-40-38;2*1-2-15-13-9-5-3-7-11(13)12-8-4-6-10-14(12)15;;/h1-16,21-24H;2*3-10H;;/q-4;2*-1;;. The minimum Gasteiger partial charge on any atom is -0.669 e. The van der Waals surface area contributed by atoms with Gasteiger partial charge in [-0.1, -0.05) is 169 Å². The zero-order valence-corrected chi connectivity index (χ0v) is 43.6. The van der Waals surface area contributed by atoms with Gasteiger partial charge < -0.3 is 66.8 Å². The molecule has 0 fully saturated rings. The van der Waals surface area contributed by atoms with Gasteiger partial charge in [0.2, 0.25) is 11.8 Å². The Labute approximate surface area is 456 Å². The molecule has 0 amide bonds. The fraction of sp³-hybridized carbons (Fsp3) is 0. The van der Waals surface area contributed by atoms with Crippen LogP contribution in [0.15, 0.2) is 219 Å². The molecule has 8 heteroatoms. The molecular formula is C66H36N4O2Pt2-6. The van der Waals surface area contributed by atoms with Crippen LogP contribution in [0.2, 0.25) is 0 Å². The molecule has 4 aromatic heterocycles. The van der Waals surface area contributed by atoms with Crippen LogP contribution >= 0.6 is 0 Å². The average molecular weight is 1310 g/mol. The van der Waals surface area contributed by atoms with Crippen LogP contribution in [0, 0.1) is 49.2 Å². The third kappa shape index (κ3) is 9.42. The fourth-order valence-corrected chi connectivity index (χ4v) is 9.22. The molecule has 0 radical (unpaired) electrons. The molecule has 6 nitrogen and oxygen atoms in total. The van der Waals surface area contributed by atoms with Crippen LogP contribution < -0.4 is 9.47 Å². The van der Waals surface area contributed by atoms with Gasteiger partial charge in [0.25, 0.3) is 0 Å². The van der Waals surface area contributed by atoms with E-state index in [0.29, 0.717) is 34.4 Å². The molecule has 0 bridgehead atoms. The van der Waals surface area contributed by atoms with Gasteiger partial charge in [-0.15, -0.1) is 22.9 Å². The van der Waals surface area contributed by atoms with Crippen LogP contribution in [0.1, 0.15) is 0 Å². The molecule has 0 spiro atoms. The van der Waals surface area contributed by atoms with Gasteiger partial charge in [0, 0.05) is 99.0 Å². The molecule has 10 aromatic carbocycles. The summed E-state index contributed by atoms with van der Waals surface area (Å²) in [6.45, 7) is 0. The molecule has 0 saturated carbocycles. The van der Waals surface area contributed by atoms with Gasteiger partial charge in [-0.05, 0) is 35.0 Å². The zero-order valence-electron chi connectivity index (χ0n) is 39.0. The third-order valence-electron chi connectivity index (χ3n) is 12.6. The summed E-state index contributed by atoms with van der Waals surface area (Å²) < 4.78 is 16.3. The second-order valence-corrected chi connectivity index (χ2v) is 16.9. The van der Waals surface area contributed by atoms with Gasteiger partial charge in [0.1, 0.15) is 0 Å². The quantitative estimate of drug-likeness (QED) is 0.127. The molecule has 14 rings (SSSR count). The minimum absolute atomic E-state index is 0. The number of nitrogens with zero attached hydrogens (tertiary/aromatic N) is 4. The Morgan fingerprint density at radius 3 is 1.00 bits per heavy atom. The summed E-state index contributed by atoms with van der Waals surface area (Å²) in [5.74, 6) is 2.08. The first kappa shape index (κ1) is 48.8. The molecule has 358 valence electrons. The van der Waals surface area contributed by atoms with E-state index in [4.69, 9.17) is 22.3 Å². The van der Waals surface area contributed by atoms with Crippen LogP contribution in [-0.4, -0.2) is 19.1 Å². The summed E-state index contributed by atoms with van der Waals surface area (Å²) in [4.78, 5) is 9.08. The first-order valence-electron chi connectivity index (χ1n) is 23.2. The van der Waals surface area contributed by atoms with E-state index in [1.807, 2.05) is 194 Å². The van der Waals surface area contributed by atoms with E-state index >= 15 is 0 Å². The van der Waals surface area contributed by atoms with Gasteiger partial charge in [-0.25, -0.2) is 32.8 Å². The Bertz CT molecular complexity index is 4080. The number of hydrogen-bond donors (Lipinski definition) is 0. The third-order valence-corrected chi connectivity index (χ3v) is 12.6. The fourth-order valence-electron chi connectivity index (χ4n) is 9.22. The van der Waals surface area contributed by atoms with E-state index < -0.39 is 0 Å². The number of aromatic nitrogens is 4. The molecule has 0 saturated heterocycles. The van der Waals surface area contributed by atoms with Crippen LogP contribution in [0.3, 0.4) is 0 Å². The Kier molecular flexibility index (Phi) is 14.2. The molecule has 4 heterocycles. The van der Waals surface area contributed by atoms with Crippen LogP contribution in [0.4, 0.5) is 0 Å². The molecule has 0 unspecified atom stereocenters.